The first-order valence-corrected chi connectivity index (χ1v) is 6.90. The summed E-state index contributed by atoms with van der Waals surface area (Å²) in [5.41, 5.74) is 6.39. The predicted molar refractivity (Wildman–Crippen MR) is 72.8 cm³/mol. The lowest BCUT2D eigenvalue weighted by Crippen LogP contribution is -2.29. The molecule has 1 saturated carbocycles. The van der Waals surface area contributed by atoms with Crippen LogP contribution < -0.4 is 10.5 Å². The molecule has 0 spiro atoms. The fourth-order valence-corrected chi connectivity index (χ4v) is 2.62. The molecule has 1 fully saturated rings. The normalized spacial score (nSPS) is 23.3. The Morgan fingerprint density at radius 1 is 1.26 bits per heavy atom. The van der Waals surface area contributed by atoms with Crippen LogP contribution >= 0.6 is 0 Å². The summed E-state index contributed by atoms with van der Waals surface area (Å²) in [6.45, 7) is 0.512. The number of benzene rings is 1. The van der Waals surface area contributed by atoms with Gasteiger partial charge in [0.1, 0.15) is 17.7 Å². The van der Waals surface area contributed by atoms with E-state index >= 15 is 0 Å². The van der Waals surface area contributed by atoms with E-state index in [1.165, 1.54) is 12.1 Å². The molecule has 1 aromatic rings. The Kier molecular flexibility index (Phi) is 5.16. The minimum Gasteiger partial charge on any atom is -0.490 e. The zero-order valence-electron chi connectivity index (χ0n) is 11.4. The second-order valence-electron chi connectivity index (χ2n) is 5.10. The van der Waals surface area contributed by atoms with Crippen molar-refractivity contribution >= 4 is 0 Å². The van der Waals surface area contributed by atoms with E-state index < -0.39 is 0 Å². The van der Waals surface area contributed by atoms with Crippen molar-refractivity contribution < 1.29 is 13.9 Å². The maximum atomic E-state index is 13.5. The van der Waals surface area contributed by atoms with Gasteiger partial charge in [-0.2, -0.15) is 0 Å². The molecule has 0 aliphatic heterocycles. The second-order valence-corrected chi connectivity index (χ2v) is 5.10. The molecule has 2 atom stereocenters. The predicted octanol–water partition coefficient (Wildman–Crippen LogP) is 2.66. The highest BCUT2D eigenvalue weighted by molar-refractivity contribution is 5.30. The molecule has 106 valence electrons. The van der Waals surface area contributed by atoms with E-state index in [0.29, 0.717) is 18.7 Å². The fourth-order valence-electron chi connectivity index (χ4n) is 2.62. The van der Waals surface area contributed by atoms with Gasteiger partial charge in [-0.1, -0.05) is 0 Å². The van der Waals surface area contributed by atoms with E-state index in [0.717, 1.165) is 31.2 Å². The molecular formula is C15H22FNO2. The van der Waals surface area contributed by atoms with Crippen molar-refractivity contribution in [1.29, 1.82) is 0 Å². The molecule has 0 saturated heterocycles. The van der Waals surface area contributed by atoms with E-state index in [1.807, 2.05) is 6.07 Å². The minimum absolute atomic E-state index is 0.117. The number of nitrogens with two attached hydrogens (primary N) is 1. The van der Waals surface area contributed by atoms with Crippen molar-refractivity contribution in [3.05, 3.63) is 29.6 Å². The third-order valence-electron chi connectivity index (χ3n) is 3.58. The molecule has 0 heterocycles. The Morgan fingerprint density at radius 3 is 2.79 bits per heavy atom. The first kappa shape index (κ1) is 14.3. The first-order chi connectivity index (χ1) is 9.21. The van der Waals surface area contributed by atoms with E-state index in [-0.39, 0.29) is 18.0 Å². The highest BCUT2D eigenvalue weighted by Crippen LogP contribution is 2.26. The number of methoxy groups -OCH3 is 1. The zero-order chi connectivity index (χ0) is 13.7. The molecule has 2 unspecified atom stereocenters. The number of rotatable bonds is 5. The van der Waals surface area contributed by atoms with Crippen molar-refractivity contribution in [2.45, 2.75) is 44.3 Å². The smallest absolute Gasteiger partial charge is 0.127 e. The molecule has 1 aromatic carbocycles. The summed E-state index contributed by atoms with van der Waals surface area (Å²) >= 11 is 0. The van der Waals surface area contributed by atoms with Crippen LogP contribution in [0.4, 0.5) is 4.39 Å². The van der Waals surface area contributed by atoms with Gasteiger partial charge in [0, 0.05) is 19.6 Å². The molecule has 0 radical (unpaired) electrons. The van der Waals surface area contributed by atoms with Crippen LogP contribution in [0.25, 0.3) is 0 Å². The molecule has 1 aliphatic carbocycles. The number of ether oxygens (including phenoxy) is 2. The van der Waals surface area contributed by atoms with Crippen molar-refractivity contribution in [1.82, 2.24) is 0 Å². The molecule has 0 amide bonds. The monoisotopic (exact) mass is 267 g/mol. The van der Waals surface area contributed by atoms with Crippen LogP contribution in [-0.4, -0.2) is 25.9 Å². The highest BCUT2D eigenvalue weighted by atomic mass is 19.1. The average molecular weight is 267 g/mol. The van der Waals surface area contributed by atoms with Crippen molar-refractivity contribution in [2.75, 3.05) is 13.7 Å². The molecule has 1 aliphatic rings. The zero-order valence-corrected chi connectivity index (χ0v) is 11.4. The summed E-state index contributed by atoms with van der Waals surface area (Å²) in [6.07, 6.45) is 5.09. The SMILES string of the molecule is COC1CCCC(Oc2cc(F)cc(CCN)c2)C1. The lowest BCUT2D eigenvalue weighted by Gasteiger charge is -2.28. The molecule has 4 heteroatoms. The van der Waals surface area contributed by atoms with Gasteiger partial charge in [-0.05, 0) is 49.9 Å². The lowest BCUT2D eigenvalue weighted by molar-refractivity contribution is 0.0208. The summed E-state index contributed by atoms with van der Waals surface area (Å²) in [4.78, 5) is 0. The van der Waals surface area contributed by atoms with Crippen LogP contribution in [0, 0.1) is 5.82 Å². The molecule has 19 heavy (non-hydrogen) atoms. The Balaban J connectivity index is 2.01. The first-order valence-electron chi connectivity index (χ1n) is 6.90. The maximum absolute atomic E-state index is 13.5. The fraction of sp³-hybridized carbons (Fsp3) is 0.600. The van der Waals surface area contributed by atoms with Gasteiger partial charge in [0.25, 0.3) is 0 Å². The van der Waals surface area contributed by atoms with Gasteiger partial charge in [-0.15, -0.1) is 0 Å². The van der Waals surface area contributed by atoms with Gasteiger partial charge in [0.15, 0.2) is 0 Å². The van der Waals surface area contributed by atoms with Crippen LogP contribution in [0.1, 0.15) is 31.2 Å². The van der Waals surface area contributed by atoms with Crippen LogP contribution in [0.5, 0.6) is 5.75 Å². The Hall–Kier alpha value is -1.13. The Morgan fingerprint density at radius 2 is 2.05 bits per heavy atom. The molecule has 3 nitrogen and oxygen atoms in total. The maximum Gasteiger partial charge on any atom is 0.127 e. The van der Waals surface area contributed by atoms with Crippen molar-refractivity contribution in [2.24, 2.45) is 5.73 Å². The van der Waals surface area contributed by atoms with Gasteiger partial charge in [-0.3, -0.25) is 0 Å². The van der Waals surface area contributed by atoms with Gasteiger partial charge < -0.3 is 15.2 Å². The topological polar surface area (TPSA) is 44.5 Å². The van der Waals surface area contributed by atoms with Gasteiger partial charge >= 0.3 is 0 Å². The molecule has 0 aromatic heterocycles. The molecule has 2 rings (SSSR count). The standard InChI is InChI=1S/C15H22FNO2/c1-18-13-3-2-4-14(10-13)19-15-8-11(5-6-17)7-12(16)9-15/h7-9,13-14H,2-6,10,17H2,1H3. The minimum atomic E-state index is -0.264. The lowest BCUT2D eigenvalue weighted by atomic mass is 9.95. The largest absolute Gasteiger partial charge is 0.490 e. The number of halogens is 1. The number of hydrogen-bond donors (Lipinski definition) is 1. The van der Waals surface area contributed by atoms with Crippen LogP contribution in [-0.2, 0) is 11.2 Å². The van der Waals surface area contributed by atoms with E-state index in [9.17, 15) is 4.39 Å². The van der Waals surface area contributed by atoms with Gasteiger partial charge in [-0.25, -0.2) is 4.39 Å². The Bertz CT molecular complexity index is 411. The van der Waals surface area contributed by atoms with Crippen LogP contribution in [0.15, 0.2) is 18.2 Å². The van der Waals surface area contributed by atoms with E-state index in [1.54, 1.807) is 7.11 Å². The molecule has 0 bridgehead atoms. The van der Waals surface area contributed by atoms with Gasteiger partial charge in [0.2, 0.25) is 0 Å². The van der Waals surface area contributed by atoms with Crippen molar-refractivity contribution in [3.8, 4) is 5.75 Å². The van der Waals surface area contributed by atoms with Crippen molar-refractivity contribution in [3.63, 3.8) is 0 Å². The summed E-state index contributed by atoms with van der Waals surface area (Å²) in [5, 5.41) is 0. The Labute approximate surface area is 113 Å². The molecular weight excluding hydrogens is 245 g/mol. The quantitative estimate of drug-likeness (QED) is 0.892. The second kappa shape index (κ2) is 6.87. The average Bonchev–Trinajstić information content (AvgIpc) is 2.38. The third-order valence-corrected chi connectivity index (χ3v) is 3.58. The van der Waals surface area contributed by atoms with Crippen LogP contribution in [0.2, 0.25) is 0 Å². The third kappa shape index (κ3) is 4.18. The highest BCUT2D eigenvalue weighted by Gasteiger charge is 2.23. The van der Waals surface area contributed by atoms with Gasteiger partial charge in [0.05, 0.1) is 6.10 Å². The summed E-state index contributed by atoms with van der Waals surface area (Å²) in [7, 11) is 1.73. The summed E-state index contributed by atoms with van der Waals surface area (Å²) in [6, 6.07) is 4.83. The van der Waals surface area contributed by atoms with E-state index in [4.69, 9.17) is 15.2 Å². The summed E-state index contributed by atoms with van der Waals surface area (Å²) < 4.78 is 24.8. The van der Waals surface area contributed by atoms with Crippen LogP contribution in [0.3, 0.4) is 0 Å². The van der Waals surface area contributed by atoms with E-state index in [2.05, 4.69) is 0 Å². The summed E-state index contributed by atoms with van der Waals surface area (Å²) in [5.74, 6) is 0.338. The molecule has 2 N–H and O–H groups in total. The number of hydrogen-bond acceptors (Lipinski definition) is 3.